The molecule has 1 aliphatic rings. The summed E-state index contributed by atoms with van der Waals surface area (Å²) >= 11 is 0. The number of aryl methyl sites for hydroxylation is 1. The summed E-state index contributed by atoms with van der Waals surface area (Å²) in [6, 6.07) is 12.8. The zero-order chi connectivity index (χ0) is 20.9. The molecule has 1 fully saturated rings. The van der Waals surface area contributed by atoms with E-state index < -0.39 is 10.0 Å². The molecule has 0 aliphatic carbocycles. The van der Waals surface area contributed by atoms with Gasteiger partial charge in [-0.3, -0.25) is 0 Å². The molecular formula is C21H29N2O5S+. The van der Waals surface area contributed by atoms with Gasteiger partial charge in [0.15, 0.2) is 0 Å². The molecule has 0 amide bonds. The second-order valence-electron chi connectivity index (χ2n) is 7.08. The molecule has 8 heteroatoms. The van der Waals surface area contributed by atoms with Crippen molar-refractivity contribution in [3.8, 4) is 17.2 Å². The van der Waals surface area contributed by atoms with E-state index in [0.717, 1.165) is 25.4 Å². The molecule has 1 N–H and O–H groups in total. The van der Waals surface area contributed by atoms with Crippen LogP contribution in [0.5, 0.6) is 17.2 Å². The molecule has 158 valence electrons. The Kier molecular flexibility index (Phi) is 7.00. The maximum absolute atomic E-state index is 13.1. The van der Waals surface area contributed by atoms with Crippen molar-refractivity contribution >= 4 is 10.0 Å². The van der Waals surface area contributed by atoms with Crippen LogP contribution in [0.3, 0.4) is 0 Å². The molecule has 1 aliphatic heterocycles. The Bertz CT molecular complexity index is 907. The fraction of sp³-hybridized carbons (Fsp3) is 0.429. The lowest BCUT2D eigenvalue weighted by Gasteiger charge is -2.31. The van der Waals surface area contributed by atoms with Gasteiger partial charge in [0.25, 0.3) is 0 Å². The van der Waals surface area contributed by atoms with Crippen LogP contribution in [-0.2, 0) is 10.0 Å². The van der Waals surface area contributed by atoms with Crippen molar-refractivity contribution in [1.82, 2.24) is 4.31 Å². The summed E-state index contributed by atoms with van der Waals surface area (Å²) < 4.78 is 44.0. The van der Waals surface area contributed by atoms with Crippen LogP contribution in [0.1, 0.15) is 5.56 Å². The number of hydrogen-bond donors (Lipinski definition) is 1. The molecule has 0 radical (unpaired) electrons. The normalized spacial score (nSPS) is 15.8. The topological polar surface area (TPSA) is 69.5 Å². The highest BCUT2D eigenvalue weighted by atomic mass is 32.2. The minimum absolute atomic E-state index is 0.144. The van der Waals surface area contributed by atoms with Crippen molar-refractivity contribution in [2.45, 2.75) is 11.8 Å². The minimum Gasteiger partial charge on any atom is -0.497 e. The van der Waals surface area contributed by atoms with Crippen LogP contribution < -0.4 is 19.1 Å². The second-order valence-corrected chi connectivity index (χ2v) is 8.99. The highest BCUT2D eigenvalue weighted by Gasteiger charge is 2.32. The zero-order valence-electron chi connectivity index (χ0n) is 17.2. The van der Waals surface area contributed by atoms with Crippen molar-refractivity contribution in [2.24, 2.45) is 0 Å². The summed E-state index contributed by atoms with van der Waals surface area (Å²) in [4.78, 5) is 1.48. The smallest absolute Gasteiger partial charge is 0.247 e. The predicted molar refractivity (Wildman–Crippen MR) is 111 cm³/mol. The number of rotatable bonds is 8. The summed E-state index contributed by atoms with van der Waals surface area (Å²) in [6.45, 7) is 5.89. The first-order chi connectivity index (χ1) is 13.9. The lowest BCUT2D eigenvalue weighted by molar-refractivity contribution is -0.903. The molecule has 1 heterocycles. The number of quaternary nitrogens is 1. The molecule has 0 saturated carbocycles. The van der Waals surface area contributed by atoms with Gasteiger partial charge in [-0.05, 0) is 31.2 Å². The summed E-state index contributed by atoms with van der Waals surface area (Å²) in [5.74, 6) is 1.68. The van der Waals surface area contributed by atoms with Crippen molar-refractivity contribution in [1.29, 1.82) is 0 Å². The van der Waals surface area contributed by atoms with E-state index in [2.05, 4.69) is 0 Å². The maximum Gasteiger partial charge on any atom is 0.247 e. The van der Waals surface area contributed by atoms with E-state index >= 15 is 0 Å². The molecule has 2 aromatic rings. The molecule has 0 aromatic heterocycles. The van der Waals surface area contributed by atoms with E-state index in [1.54, 1.807) is 12.1 Å². The molecule has 7 nitrogen and oxygen atoms in total. The number of ether oxygens (including phenoxy) is 3. The van der Waals surface area contributed by atoms with Crippen LogP contribution in [0.2, 0.25) is 0 Å². The average Bonchev–Trinajstić information content (AvgIpc) is 2.75. The molecule has 3 rings (SSSR count). The van der Waals surface area contributed by atoms with Gasteiger partial charge in [-0.25, -0.2) is 8.42 Å². The third kappa shape index (κ3) is 5.20. The van der Waals surface area contributed by atoms with E-state index in [1.165, 1.54) is 35.1 Å². The van der Waals surface area contributed by atoms with Gasteiger partial charge >= 0.3 is 0 Å². The Hall–Kier alpha value is -2.29. The van der Waals surface area contributed by atoms with Gasteiger partial charge in [0.05, 0.1) is 40.4 Å². The van der Waals surface area contributed by atoms with E-state index in [4.69, 9.17) is 14.2 Å². The first kappa shape index (κ1) is 21.4. The quantitative estimate of drug-likeness (QED) is 0.688. The SMILES string of the molecule is COc1ccc(OC)c(S(=O)(=O)N2CC[NH+](CCOc3ccc(C)cc3)CC2)c1. The van der Waals surface area contributed by atoms with Crippen LogP contribution >= 0.6 is 0 Å². The first-order valence-corrected chi connectivity index (χ1v) is 11.1. The van der Waals surface area contributed by atoms with Crippen LogP contribution in [0, 0.1) is 6.92 Å². The summed E-state index contributed by atoms with van der Waals surface area (Å²) in [5.41, 5.74) is 1.20. The number of piperazine rings is 1. The van der Waals surface area contributed by atoms with Crippen molar-refractivity contribution < 1.29 is 27.5 Å². The molecule has 0 bridgehead atoms. The summed E-state index contributed by atoms with van der Waals surface area (Å²) in [5, 5.41) is 0. The fourth-order valence-electron chi connectivity index (χ4n) is 3.37. The fourth-order valence-corrected chi connectivity index (χ4v) is 4.98. The molecular weight excluding hydrogens is 392 g/mol. The molecule has 2 aromatic carbocycles. The summed E-state index contributed by atoms with van der Waals surface area (Å²) in [6.07, 6.45) is 0. The van der Waals surface area contributed by atoms with Crippen LogP contribution in [-0.4, -0.2) is 66.3 Å². The average molecular weight is 422 g/mol. The Labute approximate surface area is 172 Å². The van der Waals surface area contributed by atoms with Crippen molar-refractivity contribution in [3.05, 3.63) is 48.0 Å². The van der Waals surface area contributed by atoms with Crippen molar-refractivity contribution in [2.75, 3.05) is 53.6 Å². The molecule has 0 unspecified atom stereocenters. The van der Waals surface area contributed by atoms with E-state index in [-0.39, 0.29) is 4.90 Å². The number of hydrogen-bond acceptors (Lipinski definition) is 5. The minimum atomic E-state index is -3.64. The van der Waals surface area contributed by atoms with E-state index in [0.29, 0.717) is 31.2 Å². The third-order valence-electron chi connectivity index (χ3n) is 5.16. The highest BCUT2D eigenvalue weighted by molar-refractivity contribution is 7.89. The van der Waals surface area contributed by atoms with Gasteiger partial charge in [-0.2, -0.15) is 4.31 Å². The number of sulfonamides is 1. The molecule has 29 heavy (non-hydrogen) atoms. The van der Waals surface area contributed by atoms with Crippen LogP contribution in [0.25, 0.3) is 0 Å². The Balaban J connectivity index is 1.56. The zero-order valence-corrected chi connectivity index (χ0v) is 18.0. The van der Waals surface area contributed by atoms with Gasteiger partial charge in [0, 0.05) is 6.07 Å². The second kappa shape index (κ2) is 9.47. The lowest BCUT2D eigenvalue weighted by Crippen LogP contribution is -3.15. The monoisotopic (exact) mass is 421 g/mol. The standard InChI is InChI=1S/C21H28N2O5S/c1-17-4-6-18(7-5-17)28-15-14-22-10-12-23(13-11-22)29(24,25)21-16-19(26-2)8-9-20(21)27-3/h4-9,16H,10-15H2,1-3H3/p+1. The molecule has 1 saturated heterocycles. The third-order valence-corrected chi connectivity index (χ3v) is 7.08. The predicted octanol–water partition coefficient (Wildman–Crippen LogP) is 0.980. The van der Waals surface area contributed by atoms with Gasteiger partial charge < -0.3 is 19.1 Å². The summed E-state index contributed by atoms with van der Waals surface area (Å²) in [7, 11) is -0.663. The van der Waals surface area contributed by atoms with Crippen LogP contribution in [0.4, 0.5) is 0 Å². The van der Waals surface area contributed by atoms with Gasteiger partial charge in [0.2, 0.25) is 10.0 Å². The van der Waals surface area contributed by atoms with E-state index in [9.17, 15) is 8.42 Å². The molecule has 0 spiro atoms. The lowest BCUT2D eigenvalue weighted by atomic mass is 10.2. The van der Waals surface area contributed by atoms with Crippen LogP contribution in [0.15, 0.2) is 47.4 Å². The molecule has 0 atom stereocenters. The van der Waals surface area contributed by atoms with Gasteiger partial charge in [-0.1, -0.05) is 17.7 Å². The Morgan fingerprint density at radius 2 is 1.62 bits per heavy atom. The number of nitrogens with zero attached hydrogens (tertiary/aromatic N) is 1. The Morgan fingerprint density at radius 1 is 0.966 bits per heavy atom. The van der Waals surface area contributed by atoms with Gasteiger partial charge in [0.1, 0.15) is 35.3 Å². The van der Waals surface area contributed by atoms with Crippen molar-refractivity contribution in [3.63, 3.8) is 0 Å². The van der Waals surface area contributed by atoms with Gasteiger partial charge in [-0.15, -0.1) is 0 Å². The first-order valence-electron chi connectivity index (χ1n) is 9.69. The highest BCUT2D eigenvalue weighted by Crippen LogP contribution is 2.30. The largest absolute Gasteiger partial charge is 0.497 e. The Morgan fingerprint density at radius 3 is 2.24 bits per heavy atom. The number of nitrogens with one attached hydrogen (secondary N) is 1. The number of benzene rings is 2. The maximum atomic E-state index is 13.1. The van der Waals surface area contributed by atoms with E-state index in [1.807, 2.05) is 31.2 Å². The number of methoxy groups -OCH3 is 2.